The van der Waals surface area contributed by atoms with Crippen molar-refractivity contribution >= 4 is 0 Å². The Morgan fingerprint density at radius 3 is 2.75 bits per heavy atom. The first-order valence-electron chi connectivity index (χ1n) is 6.23. The van der Waals surface area contributed by atoms with Gasteiger partial charge in [0.15, 0.2) is 0 Å². The molecule has 4 heteroatoms. The second kappa shape index (κ2) is 4.95. The summed E-state index contributed by atoms with van der Waals surface area (Å²) in [6, 6.07) is 0.626. The lowest BCUT2D eigenvalue weighted by Crippen LogP contribution is -2.32. The third-order valence-corrected chi connectivity index (χ3v) is 4.03. The van der Waals surface area contributed by atoms with E-state index in [9.17, 15) is 0 Å². The van der Waals surface area contributed by atoms with Crippen LogP contribution in [0.5, 0.6) is 0 Å². The molecule has 3 atom stereocenters. The van der Waals surface area contributed by atoms with Crippen molar-refractivity contribution in [2.75, 3.05) is 0 Å². The highest BCUT2D eigenvalue weighted by Gasteiger charge is 2.31. The van der Waals surface area contributed by atoms with Crippen LogP contribution in [0.25, 0.3) is 0 Å². The molecule has 1 N–H and O–H groups in total. The van der Waals surface area contributed by atoms with Crippen LogP contribution < -0.4 is 5.32 Å². The molecule has 1 heterocycles. The van der Waals surface area contributed by atoms with Crippen molar-refractivity contribution in [2.24, 2.45) is 11.8 Å². The number of hydrogen-bond donors (Lipinski definition) is 1. The predicted octanol–water partition coefficient (Wildman–Crippen LogP) is 2.29. The van der Waals surface area contributed by atoms with Crippen molar-refractivity contribution in [2.45, 2.75) is 52.6 Å². The zero-order chi connectivity index (χ0) is 11.5. The maximum absolute atomic E-state index is 4.69. The van der Waals surface area contributed by atoms with E-state index in [1.165, 1.54) is 19.3 Å². The van der Waals surface area contributed by atoms with Gasteiger partial charge in [0.25, 0.3) is 0 Å². The number of nitrogens with one attached hydrogen (secondary N) is 1. The summed E-state index contributed by atoms with van der Waals surface area (Å²) < 4.78 is 4.69. The maximum atomic E-state index is 4.69. The summed E-state index contributed by atoms with van der Waals surface area (Å²) in [5.41, 5.74) is 1.83. The van der Waals surface area contributed by atoms with Gasteiger partial charge in [-0.05, 0) is 31.6 Å². The van der Waals surface area contributed by atoms with Crippen LogP contribution in [-0.2, 0) is 6.54 Å². The minimum atomic E-state index is 0.626. The lowest BCUT2D eigenvalue weighted by molar-refractivity contribution is 0.297. The normalized spacial score (nSPS) is 29.8. The molecule has 90 valence electrons. The van der Waals surface area contributed by atoms with Gasteiger partial charge in [0.05, 0.1) is 0 Å². The van der Waals surface area contributed by atoms with Crippen LogP contribution in [0.1, 0.15) is 44.5 Å². The molecule has 1 fully saturated rings. The molecule has 1 aliphatic rings. The second-order valence-electron chi connectivity index (χ2n) is 4.89. The highest BCUT2D eigenvalue weighted by molar-refractivity contribution is 5.04. The van der Waals surface area contributed by atoms with Gasteiger partial charge in [-0.3, -0.25) is 0 Å². The van der Waals surface area contributed by atoms with E-state index in [2.05, 4.69) is 34.1 Å². The summed E-state index contributed by atoms with van der Waals surface area (Å²) in [4.78, 5) is 0. The molecule has 2 rings (SSSR count). The molecule has 16 heavy (non-hydrogen) atoms. The molecule has 3 unspecified atom stereocenters. The van der Waals surface area contributed by atoms with E-state index in [4.69, 9.17) is 0 Å². The van der Waals surface area contributed by atoms with Crippen molar-refractivity contribution < 1.29 is 4.63 Å². The van der Waals surface area contributed by atoms with E-state index in [0.717, 1.165) is 29.8 Å². The third kappa shape index (κ3) is 2.26. The Hall–Kier alpha value is -0.900. The van der Waals surface area contributed by atoms with E-state index >= 15 is 0 Å². The molecule has 1 aromatic rings. The SMILES string of the molecule is CCC1CCC(NCc2nonc2C)C1C. The molecule has 0 amide bonds. The zero-order valence-corrected chi connectivity index (χ0v) is 10.4. The molecule has 0 bridgehead atoms. The molecular weight excluding hydrogens is 202 g/mol. The molecule has 0 radical (unpaired) electrons. The van der Waals surface area contributed by atoms with Crippen molar-refractivity contribution in [3.8, 4) is 0 Å². The van der Waals surface area contributed by atoms with Crippen LogP contribution in [-0.4, -0.2) is 16.4 Å². The molecule has 0 aromatic carbocycles. The smallest absolute Gasteiger partial charge is 0.121 e. The number of nitrogens with zero attached hydrogens (tertiary/aromatic N) is 2. The Labute approximate surface area is 96.8 Å². The topological polar surface area (TPSA) is 51.0 Å². The Morgan fingerprint density at radius 2 is 2.19 bits per heavy atom. The number of aromatic nitrogens is 2. The van der Waals surface area contributed by atoms with Crippen LogP contribution in [0.3, 0.4) is 0 Å². The zero-order valence-electron chi connectivity index (χ0n) is 10.4. The van der Waals surface area contributed by atoms with E-state index in [0.29, 0.717) is 6.04 Å². The molecule has 0 spiro atoms. The fraction of sp³-hybridized carbons (Fsp3) is 0.833. The van der Waals surface area contributed by atoms with E-state index in [-0.39, 0.29) is 0 Å². The molecular formula is C12H21N3O. The molecule has 1 aliphatic carbocycles. The van der Waals surface area contributed by atoms with Crippen LogP contribution in [0.4, 0.5) is 0 Å². The Bertz CT molecular complexity index is 337. The molecule has 1 aromatic heterocycles. The number of aryl methyl sites for hydroxylation is 1. The van der Waals surface area contributed by atoms with Crippen LogP contribution in [0.15, 0.2) is 4.63 Å². The van der Waals surface area contributed by atoms with Gasteiger partial charge >= 0.3 is 0 Å². The number of rotatable bonds is 4. The summed E-state index contributed by atoms with van der Waals surface area (Å²) in [5.74, 6) is 1.65. The van der Waals surface area contributed by atoms with E-state index in [1.54, 1.807) is 0 Å². The summed E-state index contributed by atoms with van der Waals surface area (Å²) in [5, 5.41) is 11.3. The number of hydrogen-bond acceptors (Lipinski definition) is 4. The lowest BCUT2D eigenvalue weighted by Gasteiger charge is -2.20. The Morgan fingerprint density at radius 1 is 1.38 bits per heavy atom. The first kappa shape index (κ1) is 11.6. The van der Waals surface area contributed by atoms with Gasteiger partial charge in [0.1, 0.15) is 11.4 Å². The minimum absolute atomic E-state index is 0.626. The van der Waals surface area contributed by atoms with Crippen LogP contribution >= 0.6 is 0 Å². The predicted molar refractivity (Wildman–Crippen MR) is 61.8 cm³/mol. The fourth-order valence-corrected chi connectivity index (χ4v) is 2.75. The van der Waals surface area contributed by atoms with Gasteiger partial charge in [-0.15, -0.1) is 0 Å². The lowest BCUT2D eigenvalue weighted by atomic mass is 9.93. The van der Waals surface area contributed by atoms with Gasteiger partial charge in [-0.1, -0.05) is 30.6 Å². The first-order valence-corrected chi connectivity index (χ1v) is 6.23. The van der Waals surface area contributed by atoms with Gasteiger partial charge in [0, 0.05) is 12.6 Å². The summed E-state index contributed by atoms with van der Waals surface area (Å²) in [6.45, 7) is 7.35. The van der Waals surface area contributed by atoms with Gasteiger partial charge in [0.2, 0.25) is 0 Å². The van der Waals surface area contributed by atoms with Gasteiger partial charge in [-0.25, -0.2) is 4.63 Å². The van der Waals surface area contributed by atoms with E-state index in [1.807, 2.05) is 6.92 Å². The maximum Gasteiger partial charge on any atom is 0.121 e. The van der Waals surface area contributed by atoms with Gasteiger partial charge in [-0.2, -0.15) is 0 Å². The fourth-order valence-electron chi connectivity index (χ4n) is 2.75. The van der Waals surface area contributed by atoms with E-state index < -0.39 is 0 Å². The van der Waals surface area contributed by atoms with Crippen LogP contribution in [0, 0.1) is 18.8 Å². The quantitative estimate of drug-likeness (QED) is 0.851. The first-order chi connectivity index (χ1) is 7.72. The Balaban J connectivity index is 1.85. The second-order valence-corrected chi connectivity index (χ2v) is 4.89. The minimum Gasteiger partial charge on any atom is -0.308 e. The van der Waals surface area contributed by atoms with Crippen molar-refractivity contribution in [1.29, 1.82) is 0 Å². The molecule has 0 aliphatic heterocycles. The van der Waals surface area contributed by atoms with Crippen molar-refractivity contribution in [3.63, 3.8) is 0 Å². The highest BCUT2D eigenvalue weighted by Crippen LogP contribution is 2.33. The van der Waals surface area contributed by atoms with Crippen LogP contribution in [0.2, 0.25) is 0 Å². The summed E-state index contributed by atoms with van der Waals surface area (Å²) >= 11 is 0. The monoisotopic (exact) mass is 223 g/mol. The summed E-state index contributed by atoms with van der Waals surface area (Å²) in [7, 11) is 0. The highest BCUT2D eigenvalue weighted by atomic mass is 16.6. The molecule has 1 saturated carbocycles. The van der Waals surface area contributed by atoms with Crippen molar-refractivity contribution in [1.82, 2.24) is 15.6 Å². The molecule has 0 saturated heterocycles. The largest absolute Gasteiger partial charge is 0.308 e. The Kier molecular flexibility index (Phi) is 3.59. The third-order valence-electron chi connectivity index (χ3n) is 4.03. The average molecular weight is 223 g/mol. The average Bonchev–Trinajstić information content (AvgIpc) is 2.83. The van der Waals surface area contributed by atoms with Gasteiger partial charge < -0.3 is 5.32 Å². The summed E-state index contributed by atoms with van der Waals surface area (Å²) in [6.07, 6.45) is 3.93. The van der Waals surface area contributed by atoms with Crippen molar-refractivity contribution in [3.05, 3.63) is 11.4 Å². The standard InChI is InChI=1S/C12H21N3O/c1-4-10-5-6-11(8(10)2)13-7-12-9(3)14-16-15-12/h8,10-11,13H,4-7H2,1-3H3. The molecule has 4 nitrogen and oxygen atoms in total.